The Bertz CT molecular complexity index is 584. The summed E-state index contributed by atoms with van der Waals surface area (Å²) >= 11 is 9.17. The maximum Gasteiger partial charge on any atom is 0.307 e. The lowest BCUT2D eigenvalue weighted by Gasteiger charge is -1.99. The molecule has 84 valence electrons. The Hall–Kier alpha value is -0.240. The minimum Gasteiger partial charge on any atom is -0.298 e. The average molecular weight is 383 g/mol. The van der Waals surface area contributed by atoms with Gasteiger partial charge in [0.2, 0.25) is 0 Å². The molecule has 7 heteroatoms. The first-order chi connectivity index (χ1) is 7.58. The first kappa shape index (κ1) is 12.2. The van der Waals surface area contributed by atoms with Gasteiger partial charge in [0, 0.05) is 17.1 Å². The van der Waals surface area contributed by atoms with Gasteiger partial charge in [-0.15, -0.1) is 11.3 Å². The highest BCUT2D eigenvalue weighted by Crippen LogP contribution is 2.32. The van der Waals surface area contributed by atoms with Gasteiger partial charge in [0.1, 0.15) is 0 Å². The largest absolute Gasteiger partial charge is 0.307 e. The van der Waals surface area contributed by atoms with Gasteiger partial charge >= 0.3 is 4.87 Å². The Labute approximate surface area is 116 Å². The minimum atomic E-state index is -0.112. The highest BCUT2D eigenvalue weighted by Gasteiger charge is 2.14. The Balaban J connectivity index is 2.24. The van der Waals surface area contributed by atoms with Crippen molar-refractivity contribution in [1.82, 2.24) is 4.57 Å². The second-order valence-corrected chi connectivity index (χ2v) is 7.56. The summed E-state index contributed by atoms with van der Waals surface area (Å²) in [6.07, 6.45) is 1.63. The number of nitrogens with zero attached hydrogens (tertiary/aromatic N) is 1. The molecule has 0 saturated heterocycles. The topological polar surface area (TPSA) is 39.1 Å². The van der Waals surface area contributed by atoms with E-state index in [9.17, 15) is 9.59 Å². The van der Waals surface area contributed by atoms with Crippen LogP contribution >= 0.6 is 54.5 Å². The van der Waals surface area contributed by atoms with Crippen molar-refractivity contribution in [2.24, 2.45) is 0 Å². The number of ketones is 1. The lowest BCUT2D eigenvalue weighted by molar-refractivity contribution is 0.0971. The van der Waals surface area contributed by atoms with E-state index in [1.165, 1.54) is 15.9 Å². The van der Waals surface area contributed by atoms with E-state index in [4.69, 9.17) is 0 Å². The molecule has 0 atom stereocenters. The van der Waals surface area contributed by atoms with Crippen LogP contribution < -0.4 is 4.87 Å². The fraction of sp³-hybridized carbons (Fsp3) is 0.111. The van der Waals surface area contributed by atoms with Crippen molar-refractivity contribution in [3.63, 3.8) is 0 Å². The Kier molecular flexibility index (Phi) is 3.78. The van der Waals surface area contributed by atoms with Gasteiger partial charge in [0.25, 0.3) is 0 Å². The van der Waals surface area contributed by atoms with E-state index in [0.717, 1.165) is 18.9 Å². The van der Waals surface area contributed by atoms with Crippen LogP contribution in [-0.2, 0) is 6.54 Å². The van der Waals surface area contributed by atoms with Crippen LogP contribution in [0.3, 0.4) is 0 Å². The summed E-state index contributed by atoms with van der Waals surface area (Å²) in [4.78, 5) is 23.1. The quantitative estimate of drug-likeness (QED) is 0.763. The van der Waals surface area contributed by atoms with E-state index in [1.54, 1.807) is 17.6 Å². The molecule has 0 spiro atoms. The predicted molar refractivity (Wildman–Crippen MR) is 72.6 cm³/mol. The summed E-state index contributed by atoms with van der Waals surface area (Å²) in [6.45, 7) is 0.0874. The molecule has 0 radical (unpaired) electrons. The summed E-state index contributed by atoms with van der Waals surface area (Å²) in [5, 5.41) is 1.67. The molecule has 0 saturated carbocycles. The van der Waals surface area contributed by atoms with Crippen LogP contribution in [0.25, 0.3) is 0 Å². The summed E-state index contributed by atoms with van der Waals surface area (Å²) in [6, 6.07) is 1.76. The molecule has 2 rings (SSSR count). The zero-order chi connectivity index (χ0) is 11.7. The molecule has 0 fully saturated rings. The van der Waals surface area contributed by atoms with Crippen molar-refractivity contribution in [1.29, 1.82) is 0 Å². The van der Waals surface area contributed by atoms with Crippen molar-refractivity contribution in [3.05, 3.63) is 40.4 Å². The van der Waals surface area contributed by atoms with Crippen LogP contribution in [0.1, 0.15) is 10.4 Å². The van der Waals surface area contributed by atoms with Gasteiger partial charge in [-0.1, -0.05) is 11.3 Å². The van der Waals surface area contributed by atoms with E-state index >= 15 is 0 Å². The lowest BCUT2D eigenvalue weighted by Crippen LogP contribution is -2.18. The molecular formula is C9H5Br2NO2S2. The van der Waals surface area contributed by atoms with Crippen LogP contribution in [0.5, 0.6) is 0 Å². The molecule has 16 heavy (non-hydrogen) atoms. The third-order valence-corrected chi connectivity index (χ3v) is 4.95. The van der Waals surface area contributed by atoms with Crippen molar-refractivity contribution in [3.8, 4) is 0 Å². The number of Topliss-reactive ketones (excluding diaryl/α,β-unsaturated/α-hetero) is 1. The maximum absolute atomic E-state index is 11.9. The van der Waals surface area contributed by atoms with Gasteiger partial charge in [-0.2, -0.15) is 0 Å². The molecule has 0 amide bonds. The standard InChI is InChI=1S/C9H5Br2NO2S2/c10-7-3-5(8(11)16-7)6(13)4-12-1-2-15-9(12)14/h1-3H,4H2. The molecule has 3 nitrogen and oxygen atoms in total. The zero-order valence-electron chi connectivity index (χ0n) is 7.78. The van der Waals surface area contributed by atoms with Crippen LogP contribution in [-0.4, -0.2) is 10.4 Å². The molecule has 0 unspecified atom stereocenters. The van der Waals surface area contributed by atoms with Crippen LogP contribution in [0.15, 0.2) is 30.0 Å². The summed E-state index contributed by atoms with van der Waals surface area (Å²) in [5.74, 6) is -0.0747. The highest BCUT2D eigenvalue weighted by molar-refractivity contribution is 9.12. The molecule has 2 aromatic rings. The second kappa shape index (κ2) is 4.95. The highest BCUT2D eigenvalue weighted by atomic mass is 79.9. The molecule has 0 N–H and O–H groups in total. The van der Waals surface area contributed by atoms with Gasteiger partial charge in [-0.25, -0.2) is 0 Å². The molecule has 0 aliphatic heterocycles. The maximum atomic E-state index is 11.9. The molecule has 0 aliphatic rings. The van der Waals surface area contributed by atoms with Gasteiger partial charge in [0.05, 0.1) is 14.1 Å². The van der Waals surface area contributed by atoms with Crippen molar-refractivity contribution < 1.29 is 4.79 Å². The molecule has 0 aromatic carbocycles. The first-order valence-corrected chi connectivity index (χ1v) is 7.48. The predicted octanol–water partition coefficient (Wildman–Crippen LogP) is 3.38. The van der Waals surface area contributed by atoms with E-state index in [1.807, 2.05) is 0 Å². The number of carbonyl (C=O) groups excluding carboxylic acids is 1. The summed E-state index contributed by atoms with van der Waals surface area (Å²) < 4.78 is 3.08. The average Bonchev–Trinajstić information content (AvgIpc) is 2.74. The van der Waals surface area contributed by atoms with Crippen LogP contribution in [0.4, 0.5) is 0 Å². The number of thiazole rings is 1. The minimum absolute atomic E-state index is 0.0747. The smallest absolute Gasteiger partial charge is 0.298 e. The zero-order valence-corrected chi connectivity index (χ0v) is 12.6. The van der Waals surface area contributed by atoms with Crippen molar-refractivity contribution in [2.75, 3.05) is 0 Å². The third kappa shape index (κ3) is 2.53. The van der Waals surface area contributed by atoms with Crippen LogP contribution in [0.2, 0.25) is 0 Å². The fourth-order valence-corrected chi connectivity index (χ4v) is 4.62. The number of hydrogen-bond acceptors (Lipinski definition) is 4. The monoisotopic (exact) mass is 381 g/mol. The SMILES string of the molecule is O=C(Cn1ccsc1=O)c1cc(Br)sc1Br. The molecular weight excluding hydrogens is 378 g/mol. The number of halogens is 2. The van der Waals surface area contributed by atoms with E-state index in [2.05, 4.69) is 31.9 Å². The lowest BCUT2D eigenvalue weighted by atomic mass is 10.2. The normalized spacial score (nSPS) is 10.6. The number of rotatable bonds is 3. The third-order valence-electron chi connectivity index (χ3n) is 1.92. The number of hydrogen-bond donors (Lipinski definition) is 0. The molecule has 0 bridgehead atoms. The number of thiophene rings is 1. The van der Waals surface area contributed by atoms with Gasteiger partial charge in [-0.05, 0) is 37.9 Å². The second-order valence-electron chi connectivity index (χ2n) is 2.96. The van der Waals surface area contributed by atoms with Crippen molar-refractivity contribution >= 4 is 60.3 Å². The number of carbonyl (C=O) groups is 1. The van der Waals surface area contributed by atoms with Gasteiger partial charge in [-0.3, -0.25) is 14.2 Å². The molecule has 2 aromatic heterocycles. The Morgan fingerprint density at radius 1 is 1.44 bits per heavy atom. The van der Waals surface area contributed by atoms with E-state index in [-0.39, 0.29) is 17.2 Å². The summed E-state index contributed by atoms with van der Waals surface area (Å²) in [7, 11) is 0. The Morgan fingerprint density at radius 2 is 2.19 bits per heavy atom. The molecule has 2 heterocycles. The Morgan fingerprint density at radius 3 is 2.69 bits per heavy atom. The first-order valence-electron chi connectivity index (χ1n) is 4.20. The van der Waals surface area contributed by atoms with E-state index in [0.29, 0.717) is 5.56 Å². The van der Waals surface area contributed by atoms with Gasteiger partial charge < -0.3 is 0 Å². The molecule has 0 aliphatic carbocycles. The van der Waals surface area contributed by atoms with E-state index < -0.39 is 0 Å². The van der Waals surface area contributed by atoms with Gasteiger partial charge in [0.15, 0.2) is 5.78 Å². The number of aromatic nitrogens is 1. The van der Waals surface area contributed by atoms with Crippen LogP contribution in [0, 0.1) is 0 Å². The fourth-order valence-electron chi connectivity index (χ4n) is 1.18. The van der Waals surface area contributed by atoms with Crippen molar-refractivity contribution in [2.45, 2.75) is 6.54 Å². The summed E-state index contributed by atoms with van der Waals surface area (Å²) in [5.41, 5.74) is 0.606.